The molecule has 7 heteroatoms. The van der Waals surface area contributed by atoms with Crippen molar-refractivity contribution in [2.45, 2.75) is 19.4 Å². The van der Waals surface area contributed by atoms with Crippen LogP contribution < -0.4 is 15.0 Å². The average Bonchev–Trinajstić information content (AvgIpc) is 3.17. The molecule has 2 aliphatic heterocycles. The van der Waals surface area contributed by atoms with E-state index < -0.39 is 0 Å². The highest BCUT2D eigenvalue weighted by molar-refractivity contribution is 6.07. The van der Waals surface area contributed by atoms with E-state index in [-0.39, 0.29) is 18.3 Å². The number of hydrogen-bond donors (Lipinski definition) is 2. The van der Waals surface area contributed by atoms with Gasteiger partial charge in [-0.15, -0.1) is 12.4 Å². The fraction of sp³-hybridized carbons (Fsp3) is 0.375. The number of benzene rings is 1. The zero-order valence-electron chi connectivity index (χ0n) is 12.9. The highest BCUT2D eigenvalue weighted by Gasteiger charge is 2.30. The molecule has 0 bridgehead atoms. The third-order valence-electron chi connectivity index (χ3n) is 4.44. The minimum absolute atomic E-state index is 0. The van der Waals surface area contributed by atoms with Crippen molar-refractivity contribution in [1.29, 1.82) is 0 Å². The summed E-state index contributed by atoms with van der Waals surface area (Å²) < 4.78 is 5.25. The molecule has 6 nitrogen and oxygen atoms in total. The fourth-order valence-electron chi connectivity index (χ4n) is 3.25. The number of fused-ring (bicyclic) bond motifs is 2. The molecule has 0 atom stereocenters. The Labute approximate surface area is 140 Å². The van der Waals surface area contributed by atoms with E-state index in [0.717, 1.165) is 47.6 Å². The van der Waals surface area contributed by atoms with Crippen LogP contribution in [-0.2, 0) is 19.4 Å². The smallest absolute Gasteiger partial charge is 0.279 e. The van der Waals surface area contributed by atoms with Gasteiger partial charge in [-0.1, -0.05) is 0 Å². The van der Waals surface area contributed by atoms with Crippen molar-refractivity contribution in [3.63, 3.8) is 0 Å². The Morgan fingerprint density at radius 3 is 3.04 bits per heavy atom. The van der Waals surface area contributed by atoms with Gasteiger partial charge < -0.3 is 15.0 Å². The summed E-state index contributed by atoms with van der Waals surface area (Å²) in [5, 5.41) is 10.6. The van der Waals surface area contributed by atoms with E-state index in [0.29, 0.717) is 18.8 Å². The van der Waals surface area contributed by atoms with E-state index in [4.69, 9.17) is 4.74 Å². The molecule has 1 aromatic carbocycles. The van der Waals surface area contributed by atoms with E-state index in [2.05, 4.69) is 15.5 Å². The molecule has 0 fully saturated rings. The van der Waals surface area contributed by atoms with Gasteiger partial charge in [-0.25, -0.2) is 0 Å². The summed E-state index contributed by atoms with van der Waals surface area (Å²) in [7, 11) is 1.66. The number of halogens is 1. The maximum absolute atomic E-state index is 12.9. The van der Waals surface area contributed by atoms with Crippen molar-refractivity contribution in [3.8, 4) is 5.75 Å². The summed E-state index contributed by atoms with van der Waals surface area (Å²) in [6.07, 6.45) is 1.74. The molecule has 1 amide bonds. The number of carbonyl (C=O) groups is 1. The van der Waals surface area contributed by atoms with Gasteiger partial charge in [0.15, 0.2) is 5.69 Å². The normalized spacial score (nSPS) is 15.6. The zero-order chi connectivity index (χ0) is 15.1. The van der Waals surface area contributed by atoms with Crippen molar-refractivity contribution in [3.05, 3.63) is 40.7 Å². The maximum atomic E-state index is 12.9. The minimum atomic E-state index is -0.0230. The number of H-pyrrole nitrogens is 1. The Morgan fingerprint density at radius 2 is 2.22 bits per heavy atom. The molecule has 0 saturated carbocycles. The van der Waals surface area contributed by atoms with E-state index in [1.54, 1.807) is 7.11 Å². The van der Waals surface area contributed by atoms with E-state index in [9.17, 15) is 4.79 Å². The van der Waals surface area contributed by atoms with Gasteiger partial charge >= 0.3 is 0 Å². The predicted octanol–water partition coefficient (Wildman–Crippen LogP) is 1.69. The second-order valence-corrected chi connectivity index (χ2v) is 5.66. The number of aromatic amines is 1. The first-order valence-corrected chi connectivity index (χ1v) is 7.53. The molecule has 3 heterocycles. The predicted molar refractivity (Wildman–Crippen MR) is 89.6 cm³/mol. The van der Waals surface area contributed by atoms with Crippen LogP contribution in [0.4, 0.5) is 5.69 Å². The molecule has 23 heavy (non-hydrogen) atoms. The first-order chi connectivity index (χ1) is 10.8. The van der Waals surface area contributed by atoms with Crippen LogP contribution in [0.3, 0.4) is 0 Å². The highest BCUT2D eigenvalue weighted by atomic mass is 35.5. The topological polar surface area (TPSA) is 70.2 Å². The summed E-state index contributed by atoms with van der Waals surface area (Å²) >= 11 is 0. The highest BCUT2D eigenvalue weighted by Crippen LogP contribution is 2.32. The Bertz CT molecular complexity index is 744. The maximum Gasteiger partial charge on any atom is 0.279 e. The molecular weight excluding hydrogens is 316 g/mol. The third kappa shape index (κ3) is 2.58. The molecule has 4 rings (SSSR count). The Kier molecular flexibility index (Phi) is 4.28. The van der Waals surface area contributed by atoms with Gasteiger partial charge in [0.1, 0.15) is 5.75 Å². The molecule has 0 aliphatic carbocycles. The van der Waals surface area contributed by atoms with Crippen LogP contribution in [-0.4, -0.2) is 36.3 Å². The summed E-state index contributed by atoms with van der Waals surface area (Å²) in [5.74, 6) is 0.805. The lowest BCUT2D eigenvalue weighted by Gasteiger charge is -2.18. The Hall–Kier alpha value is -2.05. The van der Waals surface area contributed by atoms with Gasteiger partial charge in [-0.05, 0) is 30.2 Å². The summed E-state index contributed by atoms with van der Waals surface area (Å²) in [5.41, 5.74) is 4.75. The second-order valence-electron chi connectivity index (χ2n) is 5.66. The van der Waals surface area contributed by atoms with Gasteiger partial charge in [0.25, 0.3) is 5.91 Å². The molecule has 2 N–H and O–H groups in total. The van der Waals surface area contributed by atoms with E-state index in [1.807, 2.05) is 23.1 Å². The van der Waals surface area contributed by atoms with E-state index in [1.165, 1.54) is 0 Å². The number of nitrogens with zero attached hydrogens (tertiary/aromatic N) is 2. The molecule has 0 saturated heterocycles. The number of anilines is 1. The van der Waals surface area contributed by atoms with Crippen LogP contribution in [0, 0.1) is 0 Å². The lowest BCUT2D eigenvalue weighted by molar-refractivity contribution is 0.0983. The molecule has 1 aromatic heterocycles. The molecule has 0 spiro atoms. The second kappa shape index (κ2) is 6.22. The number of carbonyl (C=O) groups excluding carboxylic acids is 1. The Balaban J connectivity index is 0.00000156. The van der Waals surface area contributed by atoms with Gasteiger partial charge in [0.2, 0.25) is 0 Å². The fourth-order valence-corrected chi connectivity index (χ4v) is 3.25. The minimum Gasteiger partial charge on any atom is -0.497 e. The van der Waals surface area contributed by atoms with Gasteiger partial charge in [0.05, 0.1) is 7.11 Å². The number of hydrogen-bond acceptors (Lipinski definition) is 4. The van der Waals surface area contributed by atoms with Crippen LogP contribution >= 0.6 is 12.4 Å². The van der Waals surface area contributed by atoms with Crippen molar-refractivity contribution < 1.29 is 9.53 Å². The van der Waals surface area contributed by atoms with Crippen LogP contribution in [0.25, 0.3) is 0 Å². The first-order valence-electron chi connectivity index (χ1n) is 7.53. The number of rotatable bonds is 2. The largest absolute Gasteiger partial charge is 0.497 e. The number of amides is 1. The molecule has 0 unspecified atom stereocenters. The molecular formula is C16H19ClN4O2. The standard InChI is InChI=1S/C16H18N4O2.ClH/c1-22-11-2-3-14-10(8-11)5-7-20(14)16(21)15-12-9-17-6-4-13(12)18-19-15;/h2-3,8,17H,4-7,9H2,1H3,(H,18,19);1H. The molecule has 2 aliphatic rings. The lowest BCUT2D eigenvalue weighted by atomic mass is 10.1. The number of nitrogens with one attached hydrogen (secondary N) is 2. The Morgan fingerprint density at radius 1 is 1.35 bits per heavy atom. The quantitative estimate of drug-likeness (QED) is 0.877. The van der Waals surface area contributed by atoms with Crippen LogP contribution in [0.2, 0.25) is 0 Å². The van der Waals surface area contributed by atoms with Crippen molar-refractivity contribution in [2.24, 2.45) is 0 Å². The van der Waals surface area contributed by atoms with Crippen LogP contribution in [0.1, 0.15) is 27.3 Å². The lowest BCUT2D eigenvalue weighted by Crippen LogP contribution is -2.31. The van der Waals surface area contributed by atoms with Gasteiger partial charge in [0, 0.05) is 43.0 Å². The summed E-state index contributed by atoms with van der Waals surface area (Å²) in [6, 6.07) is 5.85. The number of ether oxygens (including phenoxy) is 1. The number of aromatic nitrogens is 2. The van der Waals surface area contributed by atoms with Crippen LogP contribution in [0.5, 0.6) is 5.75 Å². The van der Waals surface area contributed by atoms with E-state index >= 15 is 0 Å². The summed E-state index contributed by atoms with van der Waals surface area (Å²) in [4.78, 5) is 14.7. The molecule has 0 radical (unpaired) electrons. The van der Waals surface area contributed by atoms with Crippen molar-refractivity contribution in [2.75, 3.05) is 25.1 Å². The third-order valence-corrected chi connectivity index (χ3v) is 4.44. The summed E-state index contributed by atoms with van der Waals surface area (Å²) in [6.45, 7) is 2.32. The first kappa shape index (κ1) is 15.8. The number of methoxy groups -OCH3 is 1. The SMILES string of the molecule is COc1ccc2c(c1)CCN2C(=O)c1n[nH]c2c1CNCC2.Cl. The molecule has 122 valence electrons. The molecule has 2 aromatic rings. The van der Waals surface area contributed by atoms with Gasteiger partial charge in [-0.3, -0.25) is 9.89 Å². The van der Waals surface area contributed by atoms with Crippen molar-refractivity contribution in [1.82, 2.24) is 15.5 Å². The zero-order valence-corrected chi connectivity index (χ0v) is 13.7. The van der Waals surface area contributed by atoms with Crippen LogP contribution in [0.15, 0.2) is 18.2 Å². The van der Waals surface area contributed by atoms with Crippen molar-refractivity contribution >= 4 is 24.0 Å². The monoisotopic (exact) mass is 334 g/mol. The van der Waals surface area contributed by atoms with Gasteiger partial charge in [-0.2, -0.15) is 5.10 Å². The average molecular weight is 335 g/mol.